The molecule has 0 unspecified atom stereocenters. The van der Waals surface area contributed by atoms with Crippen molar-refractivity contribution in [3.8, 4) is 5.75 Å². The van der Waals surface area contributed by atoms with Crippen LogP contribution < -0.4 is 9.80 Å². The van der Waals surface area contributed by atoms with Gasteiger partial charge in [0.1, 0.15) is 10.1 Å². The number of benzene rings is 2. The largest absolute Gasteiger partial charge is 0.497 e. The van der Waals surface area contributed by atoms with E-state index in [1.54, 1.807) is 23.8 Å². The van der Waals surface area contributed by atoms with Crippen LogP contribution in [0.3, 0.4) is 0 Å². The SMILES string of the molecule is COc1ccc([C@H]2[C@@H](C(=O)N3CCSC3=S)[C@H](C)ON2c2ccccc2)cc1. The summed E-state index contributed by atoms with van der Waals surface area (Å²) >= 11 is 6.96. The zero-order valence-corrected chi connectivity index (χ0v) is 17.4. The Morgan fingerprint density at radius 3 is 2.50 bits per heavy atom. The number of hydrogen-bond donors (Lipinski definition) is 0. The van der Waals surface area contributed by atoms with E-state index in [4.69, 9.17) is 21.8 Å². The molecule has 2 aliphatic rings. The van der Waals surface area contributed by atoms with E-state index in [1.807, 2.05) is 66.6 Å². The second-order valence-corrected chi connectivity index (χ2v) is 8.55. The van der Waals surface area contributed by atoms with Gasteiger partial charge in [0.25, 0.3) is 0 Å². The lowest BCUT2D eigenvalue weighted by molar-refractivity contribution is -0.132. The highest BCUT2D eigenvalue weighted by molar-refractivity contribution is 8.23. The standard InChI is InChI=1S/C21H22N2O3S2/c1-14-18(20(24)22-12-13-28-21(22)27)19(15-8-10-17(25-2)11-9-15)23(26-14)16-6-4-3-5-7-16/h3-11,14,18-19H,12-13H2,1-2H3/t14-,18-,19-/m0/s1. The molecule has 0 N–H and O–H groups in total. The summed E-state index contributed by atoms with van der Waals surface area (Å²) in [4.78, 5) is 21.4. The summed E-state index contributed by atoms with van der Waals surface area (Å²) in [5.41, 5.74) is 1.92. The zero-order valence-electron chi connectivity index (χ0n) is 15.8. The molecule has 1 amide bonds. The van der Waals surface area contributed by atoms with Crippen molar-refractivity contribution in [3.05, 3.63) is 60.2 Å². The van der Waals surface area contributed by atoms with E-state index in [1.165, 1.54) is 0 Å². The van der Waals surface area contributed by atoms with Crippen LogP contribution in [0.1, 0.15) is 18.5 Å². The number of methoxy groups -OCH3 is 1. The number of ether oxygens (including phenoxy) is 1. The maximum Gasteiger partial charge on any atom is 0.236 e. The van der Waals surface area contributed by atoms with Gasteiger partial charge in [0.2, 0.25) is 5.91 Å². The lowest BCUT2D eigenvalue weighted by Gasteiger charge is -2.29. The number of nitrogens with zero attached hydrogens (tertiary/aromatic N) is 2. The first-order chi connectivity index (χ1) is 13.6. The lowest BCUT2D eigenvalue weighted by Crippen LogP contribution is -2.41. The first kappa shape index (κ1) is 19.2. The second-order valence-electron chi connectivity index (χ2n) is 6.82. The van der Waals surface area contributed by atoms with E-state index in [0.29, 0.717) is 10.9 Å². The number of hydrogen-bond acceptors (Lipinski definition) is 6. The summed E-state index contributed by atoms with van der Waals surface area (Å²) in [6, 6.07) is 17.5. The minimum atomic E-state index is -0.356. The molecule has 0 aliphatic carbocycles. The molecule has 2 aliphatic heterocycles. The molecular weight excluding hydrogens is 392 g/mol. The van der Waals surface area contributed by atoms with Gasteiger partial charge >= 0.3 is 0 Å². The molecule has 3 atom stereocenters. The Labute approximate surface area is 174 Å². The smallest absolute Gasteiger partial charge is 0.236 e. The second kappa shape index (κ2) is 8.11. The van der Waals surface area contributed by atoms with Crippen LogP contribution in [0, 0.1) is 5.92 Å². The Bertz CT molecular complexity index is 860. The van der Waals surface area contributed by atoms with Gasteiger partial charge in [0, 0.05) is 12.3 Å². The molecule has 0 saturated carbocycles. The maximum absolute atomic E-state index is 13.4. The Balaban J connectivity index is 1.74. The van der Waals surface area contributed by atoms with Gasteiger partial charge in [-0.05, 0) is 36.8 Å². The van der Waals surface area contributed by atoms with Crippen molar-refractivity contribution in [1.29, 1.82) is 0 Å². The molecule has 28 heavy (non-hydrogen) atoms. The van der Waals surface area contributed by atoms with Crippen LogP contribution >= 0.6 is 24.0 Å². The molecular formula is C21H22N2O3S2. The molecule has 7 heteroatoms. The third kappa shape index (κ3) is 3.50. The molecule has 5 nitrogen and oxygen atoms in total. The van der Waals surface area contributed by atoms with Crippen molar-refractivity contribution in [2.75, 3.05) is 24.5 Å². The first-order valence-corrected chi connectivity index (χ1v) is 10.6. The van der Waals surface area contributed by atoms with Gasteiger partial charge in [0.15, 0.2) is 0 Å². The zero-order chi connectivity index (χ0) is 19.7. The average molecular weight is 415 g/mol. The molecule has 2 heterocycles. The number of hydroxylamine groups is 1. The van der Waals surface area contributed by atoms with Crippen molar-refractivity contribution < 1.29 is 14.4 Å². The Morgan fingerprint density at radius 2 is 1.89 bits per heavy atom. The Kier molecular flexibility index (Phi) is 5.57. The molecule has 0 radical (unpaired) electrons. The molecule has 2 saturated heterocycles. The van der Waals surface area contributed by atoms with Gasteiger partial charge in [-0.15, -0.1) is 0 Å². The van der Waals surface area contributed by atoms with E-state index in [9.17, 15) is 4.79 Å². The van der Waals surface area contributed by atoms with Gasteiger partial charge in [-0.25, -0.2) is 5.06 Å². The molecule has 2 aromatic rings. The minimum Gasteiger partial charge on any atom is -0.497 e. The van der Waals surface area contributed by atoms with Gasteiger partial charge in [0.05, 0.1) is 30.9 Å². The molecule has 0 bridgehead atoms. The van der Waals surface area contributed by atoms with E-state index < -0.39 is 0 Å². The van der Waals surface area contributed by atoms with E-state index in [2.05, 4.69) is 0 Å². The third-order valence-corrected chi connectivity index (χ3v) is 6.59. The van der Waals surface area contributed by atoms with Crippen molar-refractivity contribution in [2.45, 2.75) is 19.1 Å². The van der Waals surface area contributed by atoms with E-state index in [0.717, 1.165) is 22.8 Å². The molecule has 2 aromatic carbocycles. The molecule has 0 spiro atoms. The first-order valence-electron chi connectivity index (χ1n) is 9.23. The normalized spacial score (nSPS) is 24.6. The average Bonchev–Trinajstić information content (AvgIpc) is 3.31. The predicted octanol–water partition coefficient (Wildman–Crippen LogP) is 4.05. The highest BCUT2D eigenvalue weighted by Gasteiger charge is 2.49. The summed E-state index contributed by atoms with van der Waals surface area (Å²) in [6.45, 7) is 2.61. The highest BCUT2D eigenvalue weighted by Crippen LogP contribution is 2.44. The summed E-state index contributed by atoms with van der Waals surface area (Å²) in [5.74, 6) is 1.30. The van der Waals surface area contributed by atoms with E-state index >= 15 is 0 Å². The number of para-hydroxylation sites is 1. The number of thioether (sulfide) groups is 1. The van der Waals surface area contributed by atoms with Gasteiger partial charge in [-0.2, -0.15) is 0 Å². The van der Waals surface area contributed by atoms with Crippen LogP contribution in [-0.2, 0) is 9.63 Å². The van der Waals surface area contributed by atoms with E-state index in [-0.39, 0.29) is 24.0 Å². The van der Waals surface area contributed by atoms with Gasteiger partial charge in [-0.3, -0.25) is 14.5 Å². The maximum atomic E-state index is 13.4. The number of amides is 1. The topological polar surface area (TPSA) is 42.0 Å². The minimum absolute atomic E-state index is 0.0294. The summed E-state index contributed by atoms with van der Waals surface area (Å²) in [5, 5.41) is 1.86. The van der Waals surface area contributed by atoms with Crippen molar-refractivity contribution >= 4 is 39.9 Å². The van der Waals surface area contributed by atoms with Crippen LogP contribution in [0.5, 0.6) is 5.75 Å². The number of anilines is 1. The van der Waals surface area contributed by atoms with Crippen LogP contribution in [0.25, 0.3) is 0 Å². The number of carbonyl (C=O) groups is 1. The number of carbonyl (C=O) groups excluding carboxylic acids is 1. The quantitative estimate of drug-likeness (QED) is 0.703. The van der Waals surface area contributed by atoms with Crippen LogP contribution in [0.2, 0.25) is 0 Å². The summed E-state index contributed by atoms with van der Waals surface area (Å²) in [7, 11) is 1.64. The van der Waals surface area contributed by atoms with Crippen molar-refractivity contribution in [1.82, 2.24) is 4.90 Å². The van der Waals surface area contributed by atoms with Gasteiger partial charge < -0.3 is 4.74 Å². The Hall–Kier alpha value is -2.09. The fourth-order valence-corrected chi connectivity index (χ4v) is 4.98. The van der Waals surface area contributed by atoms with Crippen molar-refractivity contribution in [2.24, 2.45) is 5.92 Å². The van der Waals surface area contributed by atoms with Crippen LogP contribution in [0.4, 0.5) is 5.69 Å². The Morgan fingerprint density at radius 1 is 1.18 bits per heavy atom. The molecule has 146 valence electrons. The fraction of sp³-hybridized carbons (Fsp3) is 0.333. The van der Waals surface area contributed by atoms with Gasteiger partial charge in [-0.1, -0.05) is 54.3 Å². The van der Waals surface area contributed by atoms with Crippen LogP contribution in [-0.4, -0.2) is 40.6 Å². The summed E-state index contributed by atoms with van der Waals surface area (Å²) in [6.07, 6.45) is -0.270. The molecule has 0 aromatic heterocycles. The number of thiocarbonyl (C=S) groups is 1. The monoisotopic (exact) mass is 414 g/mol. The predicted molar refractivity (Wildman–Crippen MR) is 115 cm³/mol. The number of rotatable bonds is 4. The van der Waals surface area contributed by atoms with Crippen molar-refractivity contribution in [3.63, 3.8) is 0 Å². The molecule has 2 fully saturated rings. The molecule has 4 rings (SSSR count). The third-order valence-electron chi connectivity index (χ3n) is 5.16. The highest BCUT2D eigenvalue weighted by atomic mass is 32.2. The lowest BCUT2D eigenvalue weighted by atomic mass is 9.88. The fourth-order valence-electron chi connectivity index (χ4n) is 3.76. The summed E-state index contributed by atoms with van der Waals surface area (Å²) < 4.78 is 5.95. The van der Waals surface area contributed by atoms with Crippen LogP contribution in [0.15, 0.2) is 54.6 Å².